The van der Waals surface area contributed by atoms with E-state index >= 15 is 0 Å². The molecule has 2 aromatic rings. The predicted octanol–water partition coefficient (Wildman–Crippen LogP) is 1.14. The van der Waals surface area contributed by atoms with Gasteiger partial charge in [0.2, 0.25) is 5.91 Å². The van der Waals surface area contributed by atoms with Gasteiger partial charge in [0.25, 0.3) is 5.91 Å². The summed E-state index contributed by atoms with van der Waals surface area (Å²) >= 11 is 0. The first kappa shape index (κ1) is 19.1. The number of nitrogens with two attached hydrogens (primary N) is 1. The zero-order chi connectivity index (χ0) is 19.8. The molecule has 2 heterocycles. The van der Waals surface area contributed by atoms with E-state index in [4.69, 9.17) is 5.73 Å². The van der Waals surface area contributed by atoms with Crippen LogP contribution in [0.2, 0.25) is 0 Å². The Balaban J connectivity index is 1.79. The fraction of sp³-hybridized carbons (Fsp3) is 0.389. The molecule has 1 aliphatic heterocycles. The van der Waals surface area contributed by atoms with E-state index in [0.717, 1.165) is 11.3 Å². The summed E-state index contributed by atoms with van der Waals surface area (Å²) in [6, 6.07) is 6.35. The summed E-state index contributed by atoms with van der Waals surface area (Å²) in [5.41, 5.74) is 8.17. The van der Waals surface area contributed by atoms with Crippen LogP contribution < -0.4 is 11.1 Å². The second-order valence-corrected chi connectivity index (χ2v) is 9.01. The third kappa shape index (κ3) is 4.02. The number of nitrogens with one attached hydrogen (secondary N) is 1. The molecular formula is C18H22N4O4S. The number of rotatable bonds is 5. The summed E-state index contributed by atoms with van der Waals surface area (Å²) in [6.45, 7) is 3.64. The summed E-state index contributed by atoms with van der Waals surface area (Å²) < 4.78 is 25.2. The Morgan fingerprint density at radius 2 is 2.00 bits per heavy atom. The quantitative estimate of drug-likeness (QED) is 0.792. The molecule has 1 aliphatic rings. The molecule has 1 aromatic carbocycles. The number of carbonyl (C=O) groups excluding carboxylic acids is 2. The Morgan fingerprint density at radius 1 is 1.30 bits per heavy atom. The minimum absolute atomic E-state index is 0.0736. The molecule has 0 saturated carbocycles. The Kier molecular flexibility index (Phi) is 5.05. The number of benzene rings is 1. The molecule has 9 heteroatoms. The third-order valence-corrected chi connectivity index (χ3v) is 6.58. The normalized spacial score (nSPS) is 18.4. The van der Waals surface area contributed by atoms with Gasteiger partial charge in [0.1, 0.15) is 0 Å². The van der Waals surface area contributed by atoms with Crippen molar-refractivity contribution >= 4 is 27.3 Å². The van der Waals surface area contributed by atoms with E-state index in [1.807, 2.05) is 6.92 Å². The van der Waals surface area contributed by atoms with E-state index in [-0.39, 0.29) is 35.4 Å². The number of nitrogens with zero attached hydrogens (tertiary/aromatic N) is 2. The lowest BCUT2D eigenvalue weighted by molar-refractivity contribution is -0.115. The number of sulfone groups is 1. The van der Waals surface area contributed by atoms with Gasteiger partial charge in [-0.25, -0.2) is 8.42 Å². The summed E-state index contributed by atoms with van der Waals surface area (Å²) in [5, 5.41) is 7.18. The molecule has 0 bridgehead atoms. The SMILES string of the molecule is Cc1nn(C2CCS(=O)(=O)C2)c(C)c1CC(=O)Nc1ccccc1C(N)=O. The van der Waals surface area contributed by atoms with Crippen molar-refractivity contribution in [3.05, 3.63) is 46.8 Å². The van der Waals surface area contributed by atoms with Crippen LogP contribution in [-0.4, -0.2) is 41.5 Å². The maximum atomic E-state index is 12.5. The van der Waals surface area contributed by atoms with Crippen LogP contribution in [-0.2, 0) is 21.1 Å². The van der Waals surface area contributed by atoms with Gasteiger partial charge in [0.05, 0.1) is 40.9 Å². The highest BCUT2D eigenvalue weighted by molar-refractivity contribution is 7.91. The Bertz CT molecular complexity index is 1010. The van der Waals surface area contributed by atoms with Crippen molar-refractivity contribution in [1.82, 2.24) is 9.78 Å². The van der Waals surface area contributed by atoms with Crippen LogP contribution in [0.25, 0.3) is 0 Å². The molecule has 27 heavy (non-hydrogen) atoms. The molecule has 1 aromatic heterocycles. The molecule has 8 nitrogen and oxygen atoms in total. The van der Waals surface area contributed by atoms with Crippen LogP contribution in [0.4, 0.5) is 5.69 Å². The number of anilines is 1. The number of primary amides is 1. The average molecular weight is 390 g/mol. The number of aryl methyl sites for hydroxylation is 1. The Labute approximate surface area is 157 Å². The number of para-hydroxylation sites is 1. The number of carbonyl (C=O) groups is 2. The zero-order valence-electron chi connectivity index (χ0n) is 15.2. The van der Waals surface area contributed by atoms with E-state index < -0.39 is 15.7 Å². The Hall–Kier alpha value is -2.68. The van der Waals surface area contributed by atoms with E-state index in [2.05, 4.69) is 10.4 Å². The van der Waals surface area contributed by atoms with Crippen LogP contribution in [0.5, 0.6) is 0 Å². The monoisotopic (exact) mass is 390 g/mol. The van der Waals surface area contributed by atoms with Gasteiger partial charge < -0.3 is 11.1 Å². The van der Waals surface area contributed by atoms with Crippen molar-refractivity contribution in [2.75, 3.05) is 16.8 Å². The first-order valence-electron chi connectivity index (χ1n) is 8.61. The number of hydrogen-bond acceptors (Lipinski definition) is 5. The minimum atomic E-state index is -3.02. The van der Waals surface area contributed by atoms with Crippen molar-refractivity contribution in [1.29, 1.82) is 0 Å². The molecule has 3 N–H and O–H groups in total. The highest BCUT2D eigenvalue weighted by atomic mass is 32.2. The summed E-state index contributed by atoms with van der Waals surface area (Å²) in [6.07, 6.45) is 0.603. The molecular weight excluding hydrogens is 368 g/mol. The van der Waals surface area contributed by atoms with Gasteiger partial charge in [-0.2, -0.15) is 5.10 Å². The van der Waals surface area contributed by atoms with Gasteiger partial charge >= 0.3 is 0 Å². The largest absolute Gasteiger partial charge is 0.366 e. The molecule has 1 atom stereocenters. The van der Waals surface area contributed by atoms with Crippen molar-refractivity contribution < 1.29 is 18.0 Å². The van der Waals surface area contributed by atoms with Gasteiger partial charge in [-0.3, -0.25) is 14.3 Å². The van der Waals surface area contributed by atoms with Crippen LogP contribution in [0.15, 0.2) is 24.3 Å². The highest BCUT2D eigenvalue weighted by Gasteiger charge is 2.31. The minimum Gasteiger partial charge on any atom is -0.366 e. The fourth-order valence-electron chi connectivity index (χ4n) is 3.44. The summed E-state index contributed by atoms with van der Waals surface area (Å²) in [5.74, 6) is -0.676. The van der Waals surface area contributed by atoms with Crippen LogP contribution in [0.3, 0.4) is 0 Å². The summed E-state index contributed by atoms with van der Waals surface area (Å²) in [4.78, 5) is 24.0. The van der Waals surface area contributed by atoms with E-state index in [0.29, 0.717) is 17.8 Å². The van der Waals surface area contributed by atoms with Crippen LogP contribution in [0.1, 0.15) is 39.8 Å². The van der Waals surface area contributed by atoms with Crippen molar-refractivity contribution in [2.45, 2.75) is 32.7 Å². The van der Waals surface area contributed by atoms with Crippen molar-refractivity contribution in [3.8, 4) is 0 Å². The van der Waals surface area contributed by atoms with E-state index in [9.17, 15) is 18.0 Å². The molecule has 3 rings (SSSR count). The maximum Gasteiger partial charge on any atom is 0.250 e. The maximum absolute atomic E-state index is 12.5. The second kappa shape index (κ2) is 7.15. The van der Waals surface area contributed by atoms with Crippen LogP contribution in [0, 0.1) is 13.8 Å². The lowest BCUT2D eigenvalue weighted by Crippen LogP contribution is -2.20. The molecule has 2 amide bonds. The topological polar surface area (TPSA) is 124 Å². The third-order valence-electron chi connectivity index (χ3n) is 4.83. The zero-order valence-corrected chi connectivity index (χ0v) is 16.0. The van der Waals surface area contributed by atoms with Gasteiger partial charge in [-0.05, 0) is 32.4 Å². The first-order valence-corrected chi connectivity index (χ1v) is 10.4. The molecule has 1 saturated heterocycles. The Morgan fingerprint density at radius 3 is 2.63 bits per heavy atom. The number of amides is 2. The van der Waals surface area contributed by atoms with Crippen molar-refractivity contribution in [3.63, 3.8) is 0 Å². The lowest BCUT2D eigenvalue weighted by atomic mass is 10.1. The average Bonchev–Trinajstić information content (AvgIpc) is 3.08. The lowest BCUT2D eigenvalue weighted by Gasteiger charge is -2.12. The van der Waals surface area contributed by atoms with Gasteiger partial charge in [0, 0.05) is 11.3 Å². The van der Waals surface area contributed by atoms with Gasteiger partial charge in [0.15, 0.2) is 9.84 Å². The smallest absolute Gasteiger partial charge is 0.250 e. The predicted molar refractivity (Wildman–Crippen MR) is 101 cm³/mol. The van der Waals surface area contributed by atoms with Gasteiger partial charge in [-0.1, -0.05) is 12.1 Å². The number of aromatic nitrogens is 2. The molecule has 0 spiro atoms. The molecule has 0 aliphatic carbocycles. The van der Waals surface area contributed by atoms with E-state index in [1.165, 1.54) is 0 Å². The first-order chi connectivity index (χ1) is 12.7. The van der Waals surface area contributed by atoms with Crippen LogP contribution >= 0.6 is 0 Å². The fourth-order valence-corrected chi connectivity index (χ4v) is 5.13. The van der Waals surface area contributed by atoms with E-state index in [1.54, 1.807) is 35.9 Å². The number of hydrogen-bond donors (Lipinski definition) is 2. The molecule has 0 radical (unpaired) electrons. The highest BCUT2D eigenvalue weighted by Crippen LogP contribution is 2.27. The second-order valence-electron chi connectivity index (χ2n) is 6.79. The standard InChI is InChI=1S/C18H22N4O4S/c1-11-15(12(2)22(21-11)13-7-8-27(25,26)10-13)9-17(23)20-16-6-4-3-5-14(16)18(19)24/h3-6,13H,7-10H2,1-2H3,(H2,19,24)(H,20,23). The molecule has 1 unspecified atom stereocenters. The molecule has 1 fully saturated rings. The molecule has 144 valence electrons. The van der Waals surface area contributed by atoms with Crippen molar-refractivity contribution in [2.24, 2.45) is 5.73 Å². The summed E-state index contributed by atoms with van der Waals surface area (Å²) in [7, 11) is -3.02. The van der Waals surface area contributed by atoms with Gasteiger partial charge in [-0.15, -0.1) is 0 Å².